The first-order chi connectivity index (χ1) is 17.3. The van der Waals surface area contributed by atoms with E-state index in [0.29, 0.717) is 30.3 Å². The second-order valence-corrected chi connectivity index (χ2v) is 8.43. The Balaban J connectivity index is 1.71. The molecule has 0 spiro atoms. The molecule has 2 unspecified atom stereocenters. The van der Waals surface area contributed by atoms with Gasteiger partial charge in [0.15, 0.2) is 0 Å². The van der Waals surface area contributed by atoms with Gasteiger partial charge in [-0.1, -0.05) is 18.2 Å². The van der Waals surface area contributed by atoms with Crippen LogP contribution < -0.4 is 27.8 Å². The number of nitrogens with one attached hydrogen (secondary N) is 3. The molecule has 0 aliphatic heterocycles. The number of pyridine rings is 1. The maximum atomic E-state index is 13.2. The second kappa shape index (κ2) is 12.7. The normalized spacial score (nSPS) is 12.7. The van der Waals surface area contributed by atoms with Gasteiger partial charge in [-0.05, 0) is 19.1 Å². The van der Waals surface area contributed by atoms with Crippen molar-refractivity contribution < 1.29 is 14.4 Å². The van der Waals surface area contributed by atoms with Crippen molar-refractivity contribution in [3.63, 3.8) is 0 Å². The molecule has 192 valence electrons. The number of aromatic nitrogens is 3. The van der Waals surface area contributed by atoms with Gasteiger partial charge >= 0.3 is 0 Å². The van der Waals surface area contributed by atoms with Crippen LogP contribution in [0.25, 0.3) is 10.9 Å². The number of hydrogen-bond donors (Lipinski definition) is 6. The summed E-state index contributed by atoms with van der Waals surface area (Å²) in [5.74, 6) is -0.742. The minimum atomic E-state index is -1.16. The lowest BCUT2D eigenvalue weighted by molar-refractivity contribution is -0.134. The van der Waals surface area contributed by atoms with Gasteiger partial charge in [0.05, 0.1) is 29.9 Å². The first kappa shape index (κ1) is 26.7. The van der Waals surface area contributed by atoms with Crippen LogP contribution in [0.3, 0.4) is 0 Å². The number of amides is 3. The topological polar surface area (TPSA) is 198 Å². The van der Waals surface area contributed by atoms with Crippen LogP contribution in [0.2, 0.25) is 0 Å². The predicted molar refractivity (Wildman–Crippen MR) is 137 cm³/mol. The Bertz CT molecular complexity index is 1190. The van der Waals surface area contributed by atoms with Crippen LogP contribution in [0.15, 0.2) is 42.7 Å². The van der Waals surface area contributed by atoms with E-state index in [4.69, 9.17) is 17.2 Å². The summed E-state index contributed by atoms with van der Waals surface area (Å²) in [4.78, 5) is 51.6. The van der Waals surface area contributed by atoms with Crippen molar-refractivity contribution in [2.45, 2.75) is 31.8 Å². The highest BCUT2D eigenvalue weighted by Gasteiger charge is 2.27. The molecule has 0 saturated heterocycles. The Kier molecular flexibility index (Phi) is 9.45. The number of aromatic amines is 1. The smallest absolute Gasteiger partial charge is 0.247 e. The lowest BCUT2D eigenvalue weighted by atomic mass is 10.1. The summed E-state index contributed by atoms with van der Waals surface area (Å²) in [6, 6.07) is 7.18. The van der Waals surface area contributed by atoms with Crippen LogP contribution in [0.1, 0.15) is 17.9 Å². The monoisotopic (exact) mass is 495 g/mol. The van der Waals surface area contributed by atoms with Crippen molar-refractivity contribution in [2.75, 3.05) is 31.5 Å². The molecule has 3 aromatic rings. The molecule has 0 saturated carbocycles. The Labute approximate surface area is 209 Å². The number of hydrogen-bond acceptors (Lipinski definition) is 8. The number of aryl methyl sites for hydroxylation is 1. The maximum absolute atomic E-state index is 13.2. The highest BCUT2D eigenvalue weighted by atomic mass is 16.2. The molecular formula is C24H33N9O3. The van der Waals surface area contributed by atoms with Crippen molar-refractivity contribution in [2.24, 2.45) is 17.2 Å². The van der Waals surface area contributed by atoms with Crippen LogP contribution in [-0.4, -0.2) is 75.8 Å². The third-order valence-electron chi connectivity index (χ3n) is 5.55. The van der Waals surface area contributed by atoms with Crippen LogP contribution in [0, 0.1) is 6.92 Å². The van der Waals surface area contributed by atoms with Gasteiger partial charge in [0, 0.05) is 49.9 Å². The SMILES string of the molecule is Cc1ncc(CC(NC(=O)C(N)CC(=O)N(CCN)CCN)C(=O)Nc2cnc3ccccc3c2)[nH]1. The zero-order chi connectivity index (χ0) is 26.1. The molecule has 9 N–H and O–H groups in total. The third kappa shape index (κ3) is 7.31. The number of carbonyl (C=O) groups is 3. The van der Waals surface area contributed by atoms with Crippen LogP contribution in [0.4, 0.5) is 5.69 Å². The van der Waals surface area contributed by atoms with Gasteiger partial charge in [-0.3, -0.25) is 19.4 Å². The van der Waals surface area contributed by atoms with E-state index >= 15 is 0 Å². The lowest BCUT2D eigenvalue weighted by Crippen LogP contribution is -2.52. The van der Waals surface area contributed by atoms with Crippen molar-refractivity contribution in [3.05, 3.63) is 54.2 Å². The molecule has 36 heavy (non-hydrogen) atoms. The van der Waals surface area contributed by atoms with E-state index in [-0.39, 0.29) is 31.8 Å². The van der Waals surface area contributed by atoms with E-state index in [9.17, 15) is 14.4 Å². The average molecular weight is 496 g/mol. The summed E-state index contributed by atoms with van der Waals surface area (Å²) in [6.45, 7) is 2.95. The summed E-state index contributed by atoms with van der Waals surface area (Å²) in [5.41, 5.74) is 19.1. The molecule has 2 aromatic heterocycles. The quantitative estimate of drug-likeness (QED) is 0.191. The zero-order valence-corrected chi connectivity index (χ0v) is 20.2. The van der Waals surface area contributed by atoms with Gasteiger partial charge in [0.2, 0.25) is 17.7 Å². The zero-order valence-electron chi connectivity index (χ0n) is 20.2. The first-order valence-corrected chi connectivity index (χ1v) is 11.7. The van der Waals surface area contributed by atoms with Gasteiger partial charge in [0.25, 0.3) is 0 Å². The van der Waals surface area contributed by atoms with Crippen molar-refractivity contribution in [1.82, 2.24) is 25.2 Å². The molecule has 0 aliphatic carbocycles. The van der Waals surface area contributed by atoms with Crippen molar-refractivity contribution in [3.8, 4) is 0 Å². The number of fused-ring (bicyclic) bond motifs is 1. The number of rotatable bonds is 12. The number of anilines is 1. The molecule has 12 nitrogen and oxygen atoms in total. The summed E-state index contributed by atoms with van der Waals surface area (Å²) in [6.07, 6.45) is 3.05. The van der Waals surface area contributed by atoms with Crippen molar-refractivity contribution >= 4 is 34.3 Å². The predicted octanol–water partition coefficient (Wildman–Crippen LogP) is -0.604. The number of benzene rings is 1. The molecule has 3 amide bonds. The summed E-state index contributed by atoms with van der Waals surface area (Å²) < 4.78 is 0. The fourth-order valence-electron chi connectivity index (χ4n) is 3.73. The van der Waals surface area contributed by atoms with E-state index in [2.05, 4.69) is 25.6 Å². The Morgan fingerprint density at radius 3 is 2.44 bits per heavy atom. The molecule has 3 rings (SSSR count). The number of carbonyl (C=O) groups excluding carboxylic acids is 3. The molecule has 0 radical (unpaired) electrons. The fourth-order valence-corrected chi connectivity index (χ4v) is 3.73. The maximum Gasteiger partial charge on any atom is 0.247 e. The van der Waals surface area contributed by atoms with Crippen molar-refractivity contribution in [1.29, 1.82) is 0 Å². The Morgan fingerprint density at radius 1 is 1.06 bits per heavy atom. The van der Waals surface area contributed by atoms with E-state index < -0.39 is 23.9 Å². The Hall–Kier alpha value is -3.87. The summed E-state index contributed by atoms with van der Waals surface area (Å²) in [7, 11) is 0. The largest absolute Gasteiger partial charge is 0.346 e. The van der Waals surface area contributed by atoms with E-state index in [1.54, 1.807) is 25.4 Å². The molecule has 0 aliphatic rings. The number of para-hydroxylation sites is 1. The van der Waals surface area contributed by atoms with Gasteiger partial charge in [0.1, 0.15) is 11.9 Å². The number of H-pyrrole nitrogens is 1. The second-order valence-electron chi connectivity index (χ2n) is 8.43. The molecule has 1 aromatic carbocycles. The molecule has 2 atom stereocenters. The highest BCUT2D eigenvalue weighted by molar-refractivity contribution is 5.99. The van der Waals surface area contributed by atoms with E-state index in [1.807, 2.05) is 24.3 Å². The van der Waals surface area contributed by atoms with Gasteiger partial charge in [-0.25, -0.2) is 4.98 Å². The molecule has 2 heterocycles. The van der Waals surface area contributed by atoms with E-state index in [1.165, 1.54) is 4.90 Å². The van der Waals surface area contributed by atoms with E-state index in [0.717, 1.165) is 10.9 Å². The average Bonchev–Trinajstić information content (AvgIpc) is 3.27. The van der Waals surface area contributed by atoms with Gasteiger partial charge in [-0.15, -0.1) is 0 Å². The highest BCUT2D eigenvalue weighted by Crippen LogP contribution is 2.16. The van der Waals surface area contributed by atoms with Gasteiger partial charge in [-0.2, -0.15) is 0 Å². The minimum Gasteiger partial charge on any atom is -0.346 e. The summed E-state index contributed by atoms with van der Waals surface area (Å²) in [5, 5.41) is 6.34. The third-order valence-corrected chi connectivity index (χ3v) is 5.55. The standard InChI is InChI=1S/C24H33N9O3/c1-15-28-13-18(30-15)11-21(24(36)31-17-10-16-4-2-3-5-20(16)29-14-17)32-23(35)19(27)12-22(34)33(8-6-25)9-7-26/h2-5,10,13-14,19,21H,6-9,11-12,25-27H2,1H3,(H,28,30)(H,31,36)(H,32,35). The first-order valence-electron chi connectivity index (χ1n) is 11.7. The molecule has 12 heteroatoms. The molecule has 0 bridgehead atoms. The van der Waals surface area contributed by atoms with Crippen LogP contribution >= 0.6 is 0 Å². The minimum absolute atomic E-state index is 0.145. The molecule has 0 fully saturated rings. The fraction of sp³-hybridized carbons (Fsp3) is 0.375. The summed E-state index contributed by atoms with van der Waals surface area (Å²) >= 11 is 0. The Morgan fingerprint density at radius 2 is 1.78 bits per heavy atom. The number of nitrogens with two attached hydrogens (primary N) is 3. The van der Waals surface area contributed by atoms with Crippen LogP contribution in [-0.2, 0) is 20.8 Å². The van der Waals surface area contributed by atoms with Gasteiger partial charge < -0.3 is 37.7 Å². The molecular weight excluding hydrogens is 462 g/mol. The van der Waals surface area contributed by atoms with Crippen LogP contribution in [0.5, 0.6) is 0 Å². The number of nitrogens with zero attached hydrogens (tertiary/aromatic N) is 3. The lowest BCUT2D eigenvalue weighted by Gasteiger charge is -2.24. The number of imidazole rings is 1.